The standard InChI is InChI=1S/C11H11N3O/c12-10(9-5-2-1-3-6-9)15-11-13-7-4-8-14-11/h1-8,10H,12H2. The number of ether oxygens (including phenoxy) is 1. The summed E-state index contributed by atoms with van der Waals surface area (Å²) in [4.78, 5) is 7.86. The third kappa shape index (κ3) is 2.51. The predicted octanol–water partition coefficient (Wildman–Crippen LogP) is 1.51. The van der Waals surface area contributed by atoms with Gasteiger partial charge in [0.15, 0.2) is 6.23 Å². The molecule has 0 spiro atoms. The first-order valence-electron chi connectivity index (χ1n) is 4.60. The average Bonchev–Trinajstić information content (AvgIpc) is 2.31. The number of hydrogen-bond donors (Lipinski definition) is 1. The molecule has 1 unspecified atom stereocenters. The zero-order valence-corrected chi connectivity index (χ0v) is 8.08. The Labute approximate surface area is 87.7 Å². The van der Waals surface area contributed by atoms with E-state index in [-0.39, 0.29) is 6.01 Å². The molecule has 0 bridgehead atoms. The second-order valence-corrected chi connectivity index (χ2v) is 2.98. The fourth-order valence-corrected chi connectivity index (χ4v) is 1.17. The summed E-state index contributed by atoms with van der Waals surface area (Å²) in [5, 5.41) is 0. The van der Waals surface area contributed by atoms with Gasteiger partial charge in [-0.1, -0.05) is 30.3 Å². The van der Waals surface area contributed by atoms with Crippen LogP contribution in [0, 0.1) is 0 Å². The molecule has 1 heterocycles. The second kappa shape index (κ2) is 4.52. The van der Waals surface area contributed by atoms with Crippen molar-refractivity contribution in [2.24, 2.45) is 5.73 Å². The van der Waals surface area contributed by atoms with E-state index in [4.69, 9.17) is 10.5 Å². The first kappa shape index (κ1) is 9.61. The molecule has 1 aromatic heterocycles. The van der Waals surface area contributed by atoms with Crippen molar-refractivity contribution in [3.8, 4) is 6.01 Å². The first-order valence-corrected chi connectivity index (χ1v) is 4.60. The molecule has 0 aliphatic carbocycles. The molecule has 0 aliphatic rings. The van der Waals surface area contributed by atoms with Crippen LogP contribution in [0.1, 0.15) is 11.8 Å². The van der Waals surface area contributed by atoms with Gasteiger partial charge in [-0.15, -0.1) is 0 Å². The topological polar surface area (TPSA) is 61.0 Å². The van der Waals surface area contributed by atoms with E-state index in [1.807, 2.05) is 30.3 Å². The molecule has 0 saturated carbocycles. The highest BCUT2D eigenvalue weighted by Gasteiger charge is 2.07. The normalized spacial score (nSPS) is 12.1. The van der Waals surface area contributed by atoms with E-state index in [2.05, 4.69) is 9.97 Å². The molecule has 1 atom stereocenters. The van der Waals surface area contributed by atoms with Crippen molar-refractivity contribution >= 4 is 0 Å². The number of hydrogen-bond acceptors (Lipinski definition) is 4. The summed E-state index contributed by atoms with van der Waals surface area (Å²) in [6, 6.07) is 11.5. The van der Waals surface area contributed by atoms with Crippen LogP contribution in [0.3, 0.4) is 0 Å². The minimum Gasteiger partial charge on any atom is -0.440 e. The van der Waals surface area contributed by atoms with Gasteiger partial charge in [0.25, 0.3) is 0 Å². The summed E-state index contributed by atoms with van der Waals surface area (Å²) >= 11 is 0. The van der Waals surface area contributed by atoms with Crippen molar-refractivity contribution in [1.82, 2.24) is 9.97 Å². The monoisotopic (exact) mass is 201 g/mol. The van der Waals surface area contributed by atoms with Crippen molar-refractivity contribution in [3.05, 3.63) is 54.4 Å². The molecular formula is C11H11N3O. The van der Waals surface area contributed by atoms with Crippen LogP contribution in [0.5, 0.6) is 6.01 Å². The van der Waals surface area contributed by atoms with Crippen LogP contribution in [0.2, 0.25) is 0 Å². The number of nitrogens with zero attached hydrogens (tertiary/aromatic N) is 2. The van der Waals surface area contributed by atoms with Gasteiger partial charge in [0.1, 0.15) is 0 Å². The summed E-state index contributed by atoms with van der Waals surface area (Å²) in [6.07, 6.45) is 2.69. The number of aromatic nitrogens is 2. The molecular weight excluding hydrogens is 190 g/mol. The Bertz CT molecular complexity index is 405. The SMILES string of the molecule is NC(Oc1ncccn1)c1ccccc1. The number of rotatable bonds is 3. The van der Waals surface area contributed by atoms with Gasteiger partial charge >= 0.3 is 6.01 Å². The van der Waals surface area contributed by atoms with E-state index in [0.29, 0.717) is 0 Å². The Hall–Kier alpha value is -1.94. The van der Waals surface area contributed by atoms with Gasteiger partial charge < -0.3 is 4.74 Å². The lowest BCUT2D eigenvalue weighted by Gasteiger charge is -2.12. The Morgan fingerprint density at radius 2 is 1.67 bits per heavy atom. The van der Waals surface area contributed by atoms with Crippen molar-refractivity contribution in [1.29, 1.82) is 0 Å². The molecule has 76 valence electrons. The summed E-state index contributed by atoms with van der Waals surface area (Å²) in [7, 11) is 0. The molecule has 2 aromatic rings. The van der Waals surface area contributed by atoms with Crippen LogP contribution in [0.4, 0.5) is 0 Å². The maximum Gasteiger partial charge on any atom is 0.318 e. The van der Waals surface area contributed by atoms with Crippen LogP contribution in [-0.2, 0) is 0 Å². The van der Waals surface area contributed by atoms with E-state index >= 15 is 0 Å². The third-order valence-corrected chi connectivity index (χ3v) is 1.90. The fourth-order valence-electron chi connectivity index (χ4n) is 1.17. The smallest absolute Gasteiger partial charge is 0.318 e. The number of benzene rings is 1. The van der Waals surface area contributed by atoms with Gasteiger partial charge in [0.05, 0.1) is 0 Å². The lowest BCUT2D eigenvalue weighted by Crippen LogP contribution is -2.18. The molecule has 1 aromatic carbocycles. The van der Waals surface area contributed by atoms with Gasteiger partial charge in [0, 0.05) is 18.0 Å². The highest BCUT2D eigenvalue weighted by atomic mass is 16.5. The summed E-state index contributed by atoms with van der Waals surface area (Å²) in [6.45, 7) is 0. The molecule has 0 amide bonds. The Balaban J connectivity index is 2.08. The molecule has 0 fully saturated rings. The van der Waals surface area contributed by atoms with Gasteiger partial charge in [-0.3, -0.25) is 5.73 Å². The summed E-state index contributed by atoms with van der Waals surface area (Å²) in [5.41, 5.74) is 6.72. The minimum absolute atomic E-state index is 0.286. The molecule has 4 heteroatoms. The first-order chi connectivity index (χ1) is 7.36. The van der Waals surface area contributed by atoms with Gasteiger partial charge in [-0.05, 0) is 6.07 Å². The summed E-state index contributed by atoms with van der Waals surface area (Å²) < 4.78 is 5.36. The zero-order valence-electron chi connectivity index (χ0n) is 8.08. The van der Waals surface area contributed by atoms with Crippen molar-refractivity contribution in [3.63, 3.8) is 0 Å². The molecule has 0 saturated heterocycles. The minimum atomic E-state index is -0.534. The molecule has 15 heavy (non-hydrogen) atoms. The van der Waals surface area contributed by atoms with Gasteiger partial charge in [-0.2, -0.15) is 0 Å². The Morgan fingerprint density at radius 1 is 1.00 bits per heavy atom. The van der Waals surface area contributed by atoms with Gasteiger partial charge in [-0.25, -0.2) is 9.97 Å². The van der Waals surface area contributed by atoms with E-state index in [0.717, 1.165) is 5.56 Å². The van der Waals surface area contributed by atoms with Crippen molar-refractivity contribution < 1.29 is 4.74 Å². The zero-order chi connectivity index (χ0) is 10.5. The van der Waals surface area contributed by atoms with E-state index < -0.39 is 6.23 Å². The average molecular weight is 201 g/mol. The lowest BCUT2D eigenvalue weighted by atomic mass is 10.2. The van der Waals surface area contributed by atoms with E-state index in [1.165, 1.54) is 0 Å². The molecule has 2 N–H and O–H groups in total. The largest absolute Gasteiger partial charge is 0.440 e. The highest BCUT2D eigenvalue weighted by Crippen LogP contribution is 2.12. The fraction of sp³-hybridized carbons (Fsp3) is 0.0909. The van der Waals surface area contributed by atoms with Crippen LogP contribution in [-0.4, -0.2) is 9.97 Å². The van der Waals surface area contributed by atoms with Crippen molar-refractivity contribution in [2.45, 2.75) is 6.23 Å². The highest BCUT2D eigenvalue weighted by molar-refractivity contribution is 5.17. The van der Waals surface area contributed by atoms with Crippen molar-refractivity contribution in [2.75, 3.05) is 0 Å². The van der Waals surface area contributed by atoms with E-state index in [9.17, 15) is 0 Å². The number of nitrogens with two attached hydrogens (primary N) is 1. The second-order valence-electron chi connectivity index (χ2n) is 2.98. The Morgan fingerprint density at radius 3 is 2.33 bits per heavy atom. The van der Waals surface area contributed by atoms with Crippen LogP contribution in [0.15, 0.2) is 48.8 Å². The quantitative estimate of drug-likeness (QED) is 0.765. The van der Waals surface area contributed by atoms with Crippen LogP contribution < -0.4 is 10.5 Å². The molecule has 2 rings (SSSR count). The molecule has 4 nitrogen and oxygen atoms in total. The Kier molecular flexibility index (Phi) is 2.90. The maximum atomic E-state index is 5.82. The summed E-state index contributed by atoms with van der Waals surface area (Å²) in [5.74, 6) is 0. The van der Waals surface area contributed by atoms with Crippen LogP contribution in [0.25, 0.3) is 0 Å². The van der Waals surface area contributed by atoms with E-state index in [1.54, 1.807) is 18.5 Å². The third-order valence-electron chi connectivity index (χ3n) is 1.90. The molecule has 0 radical (unpaired) electrons. The van der Waals surface area contributed by atoms with Crippen LogP contribution >= 0.6 is 0 Å². The molecule has 0 aliphatic heterocycles. The lowest BCUT2D eigenvalue weighted by molar-refractivity contribution is 0.195. The predicted molar refractivity (Wildman–Crippen MR) is 56.0 cm³/mol. The van der Waals surface area contributed by atoms with Gasteiger partial charge in [0.2, 0.25) is 0 Å². The maximum absolute atomic E-state index is 5.82.